The van der Waals surface area contributed by atoms with Crippen LogP contribution >= 0.6 is 11.8 Å². The van der Waals surface area contributed by atoms with Gasteiger partial charge in [0.1, 0.15) is 17.3 Å². The van der Waals surface area contributed by atoms with Crippen molar-refractivity contribution >= 4 is 35.0 Å². The van der Waals surface area contributed by atoms with E-state index in [-0.39, 0.29) is 5.91 Å². The van der Waals surface area contributed by atoms with Gasteiger partial charge in [0.25, 0.3) is 0 Å². The summed E-state index contributed by atoms with van der Waals surface area (Å²) in [7, 11) is 1.64. The molecular weight excluding hydrogens is 352 g/mol. The molecule has 2 aliphatic rings. The second-order valence-corrected chi connectivity index (χ2v) is 8.67. The first-order chi connectivity index (χ1) is 12.3. The topological polar surface area (TPSA) is 67.9 Å². The highest BCUT2D eigenvalue weighted by molar-refractivity contribution is 7.99. The summed E-state index contributed by atoms with van der Waals surface area (Å²) < 4.78 is 11.0. The van der Waals surface area contributed by atoms with Crippen LogP contribution in [0.1, 0.15) is 32.8 Å². The van der Waals surface area contributed by atoms with Crippen LogP contribution in [0, 0.1) is 5.92 Å². The monoisotopic (exact) mass is 378 g/mol. The van der Waals surface area contributed by atoms with Gasteiger partial charge in [-0.3, -0.25) is 9.59 Å². The van der Waals surface area contributed by atoms with Crippen LogP contribution in [0.4, 0.5) is 11.4 Å². The Morgan fingerprint density at radius 1 is 1.35 bits per heavy atom. The Morgan fingerprint density at radius 2 is 2.12 bits per heavy atom. The van der Waals surface area contributed by atoms with Crippen molar-refractivity contribution in [3.8, 4) is 5.75 Å². The molecule has 0 aliphatic carbocycles. The molecule has 1 unspecified atom stereocenters. The number of fused-ring (bicyclic) bond motifs is 1. The molecule has 0 saturated carbocycles. The van der Waals surface area contributed by atoms with Gasteiger partial charge in [0.05, 0.1) is 18.7 Å². The van der Waals surface area contributed by atoms with E-state index >= 15 is 0 Å². The Kier molecular flexibility index (Phi) is 5.37. The second kappa shape index (κ2) is 7.39. The van der Waals surface area contributed by atoms with Crippen molar-refractivity contribution in [2.75, 3.05) is 35.5 Å². The minimum atomic E-state index is -0.793. The number of nitrogens with zero attached hydrogens (tertiary/aromatic N) is 1. The van der Waals surface area contributed by atoms with Crippen LogP contribution in [-0.2, 0) is 20.7 Å². The summed E-state index contributed by atoms with van der Waals surface area (Å²) in [5.74, 6) is 1.19. The highest BCUT2D eigenvalue weighted by Crippen LogP contribution is 2.38. The van der Waals surface area contributed by atoms with Crippen LogP contribution in [0.3, 0.4) is 0 Å². The van der Waals surface area contributed by atoms with E-state index in [1.807, 2.05) is 17.8 Å². The first kappa shape index (κ1) is 18.9. The number of amides is 1. The molecule has 2 aliphatic heterocycles. The number of ether oxygens (including phenoxy) is 2. The zero-order valence-electron chi connectivity index (χ0n) is 15.8. The molecule has 1 fully saturated rings. The fraction of sp³-hybridized carbons (Fsp3) is 0.579. The van der Waals surface area contributed by atoms with Crippen LogP contribution in [0.15, 0.2) is 12.1 Å². The Balaban J connectivity index is 1.85. The first-order valence-corrected chi connectivity index (χ1v) is 10.0. The van der Waals surface area contributed by atoms with Crippen molar-refractivity contribution in [3.05, 3.63) is 17.7 Å². The molecule has 0 bridgehead atoms. The van der Waals surface area contributed by atoms with E-state index in [0.717, 1.165) is 35.2 Å². The van der Waals surface area contributed by atoms with Crippen molar-refractivity contribution in [1.82, 2.24) is 0 Å². The molecule has 26 heavy (non-hydrogen) atoms. The third-order valence-electron chi connectivity index (χ3n) is 4.47. The number of nitrogens with one attached hydrogen (secondary N) is 1. The number of carbonyl (C=O) groups excluding carboxylic acids is 2. The summed E-state index contributed by atoms with van der Waals surface area (Å²) in [6.07, 6.45) is 1.07. The number of anilines is 2. The molecule has 142 valence electrons. The molecule has 1 aromatic rings. The summed E-state index contributed by atoms with van der Waals surface area (Å²) >= 11 is 1.89. The molecule has 1 amide bonds. The molecular formula is C19H26N2O4S. The van der Waals surface area contributed by atoms with E-state index in [1.54, 1.807) is 27.9 Å². The molecule has 2 heterocycles. The van der Waals surface area contributed by atoms with Gasteiger partial charge in [0.2, 0.25) is 5.91 Å². The van der Waals surface area contributed by atoms with E-state index < -0.39 is 17.5 Å². The van der Waals surface area contributed by atoms with Gasteiger partial charge < -0.3 is 19.7 Å². The zero-order valence-corrected chi connectivity index (χ0v) is 16.6. The van der Waals surface area contributed by atoms with Gasteiger partial charge in [0.15, 0.2) is 0 Å². The van der Waals surface area contributed by atoms with E-state index in [1.165, 1.54) is 0 Å². The molecule has 1 atom stereocenters. The third kappa shape index (κ3) is 4.09. The SMILES string of the molecule is COc1cc2c(cc1N1CCSC1)CCC(C(=O)OC(C)(C)C)C(=O)N2. The minimum absolute atomic E-state index is 0.315. The van der Waals surface area contributed by atoms with Crippen LogP contribution in [-0.4, -0.2) is 42.8 Å². The Morgan fingerprint density at radius 3 is 2.73 bits per heavy atom. The van der Waals surface area contributed by atoms with Crippen molar-refractivity contribution in [1.29, 1.82) is 0 Å². The average molecular weight is 378 g/mol. The van der Waals surface area contributed by atoms with Gasteiger partial charge >= 0.3 is 5.97 Å². The predicted octanol–water partition coefficient (Wildman–Crippen LogP) is 3.05. The molecule has 0 radical (unpaired) electrons. The Bertz CT molecular complexity index is 708. The number of thioether (sulfide) groups is 1. The molecule has 0 spiro atoms. The summed E-state index contributed by atoms with van der Waals surface area (Å²) in [5, 5.41) is 2.89. The second-order valence-electron chi connectivity index (χ2n) is 7.60. The lowest BCUT2D eigenvalue weighted by Gasteiger charge is -2.22. The molecule has 1 N–H and O–H groups in total. The van der Waals surface area contributed by atoms with E-state index in [4.69, 9.17) is 9.47 Å². The van der Waals surface area contributed by atoms with Gasteiger partial charge in [-0.15, -0.1) is 11.8 Å². The number of hydrogen-bond acceptors (Lipinski definition) is 6. The molecule has 7 heteroatoms. The molecule has 1 saturated heterocycles. The van der Waals surface area contributed by atoms with E-state index in [9.17, 15) is 9.59 Å². The maximum Gasteiger partial charge on any atom is 0.319 e. The normalized spacial score (nSPS) is 20.2. The lowest BCUT2D eigenvalue weighted by Crippen LogP contribution is -2.35. The zero-order chi connectivity index (χ0) is 18.9. The maximum absolute atomic E-state index is 12.6. The number of benzene rings is 1. The minimum Gasteiger partial charge on any atom is -0.495 e. The standard InChI is InChI=1S/C19H26N2O4S/c1-19(2,3)25-18(23)13-6-5-12-9-15(21-7-8-26-11-21)16(24-4)10-14(12)20-17(13)22/h9-10,13H,5-8,11H2,1-4H3,(H,20,22). The van der Waals surface area contributed by atoms with Crippen LogP contribution in [0.5, 0.6) is 5.75 Å². The number of rotatable bonds is 3. The highest BCUT2D eigenvalue weighted by atomic mass is 32.2. The third-order valence-corrected chi connectivity index (χ3v) is 5.43. The van der Waals surface area contributed by atoms with Crippen LogP contribution in [0.25, 0.3) is 0 Å². The van der Waals surface area contributed by atoms with Gasteiger partial charge in [-0.05, 0) is 45.2 Å². The summed E-state index contributed by atoms with van der Waals surface area (Å²) in [5.41, 5.74) is 2.17. The lowest BCUT2D eigenvalue weighted by atomic mass is 9.99. The lowest BCUT2D eigenvalue weighted by molar-refractivity contribution is -0.161. The fourth-order valence-electron chi connectivity index (χ4n) is 3.20. The van der Waals surface area contributed by atoms with Crippen LogP contribution < -0.4 is 15.0 Å². The molecule has 6 nitrogen and oxygen atoms in total. The van der Waals surface area contributed by atoms with Crippen LogP contribution in [0.2, 0.25) is 0 Å². The van der Waals surface area contributed by atoms with Crippen molar-refractivity contribution in [2.24, 2.45) is 5.92 Å². The van der Waals surface area contributed by atoms with Crippen molar-refractivity contribution in [2.45, 2.75) is 39.2 Å². The number of aryl methyl sites for hydroxylation is 1. The molecule has 1 aromatic carbocycles. The Labute approximate surface area is 158 Å². The molecule has 3 rings (SSSR count). The first-order valence-electron chi connectivity index (χ1n) is 8.86. The number of hydrogen-bond donors (Lipinski definition) is 1. The summed E-state index contributed by atoms with van der Waals surface area (Å²) in [6.45, 7) is 6.39. The van der Waals surface area contributed by atoms with Crippen molar-refractivity contribution in [3.63, 3.8) is 0 Å². The van der Waals surface area contributed by atoms with E-state index in [2.05, 4.69) is 16.3 Å². The number of methoxy groups -OCH3 is 1. The van der Waals surface area contributed by atoms with Crippen molar-refractivity contribution < 1.29 is 19.1 Å². The summed E-state index contributed by atoms with van der Waals surface area (Å²) in [6, 6.07) is 3.95. The number of carbonyl (C=O) groups is 2. The highest BCUT2D eigenvalue weighted by Gasteiger charge is 2.34. The predicted molar refractivity (Wildman–Crippen MR) is 104 cm³/mol. The van der Waals surface area contributed by atoms with Gasteiger partial charge in [-0.2, -0.15) is 0 Å². The summed E-state index contributed by atoms with van der Waals surface area (Å²) in [4.78, 5) is 27.3. The smallest absolute Gasteiger partial charge is 0.319 e. The largest absolute Gasteiger partial charge is 0.495 e. The van der Waals surface area contributed by atoms with Gasteiger partial charge in [-0.1, -0.05) is 0 Å². The average Bonchev–Trinajstić information content (AvgIpc) is 3.02. The Hall–Kier alpha value is -1.89. The quantitative estimate of drug-likeness (QED) is 0.644. The maximum atomic E-state index is 12.6. The van der Waals surface area contributed by atoms with Gasteiger partial charge in [0, 0.05) is 24.1 Å². The molecule has 0 aromatic heterocycles. The van der Waals surface area contributed by atoms with Gasteiger partial charge in [-0.25, -0.2) is 0 Å². The fourth-order valence-corrected chi connectivity index (χ4v) is 4.17. The van der Waals surface area contributed by atoms with E-state index in [0.29, 0.717) is 18.5 Å². The number of esters is 1.